The molecule has 0 aromatic carbocycles. The van der Waals surface area contributed by atoms with Gasteiger partial charge in [-0.25, -0.2) is 9.89 Å². The van der Waals surface area contributed by atoms with Crippen LogP contribution in [0.2, 0.25) is 0 Å². The highest BCUT2D eigenvalue weighted by atomic mass is 32.2. The molecule has 7 heteroatoms. The molecule has 6 nitrogen and oxygen atoms in total. The van der Waals surface area contributed by atoms with Gasteiger partial charge in [-0.3, -0.25) is 9.36 Å². The fourth-order valence-electron chi connectivity index (χ4n) is 5.65. The zero-order valence-electron chi connectivity index (χ0n) is 15.1. The molecule has 25 heavy (non-hydrogen) atoms. The largest absolute Gasteiger partial charge is 0.350 e. The van der Waals surface area contributed by atoms with Crippen LogP contribution >= 0.6 is 11.8 Å². The minimum Gasteiger partial charge on any atom is -0.350 e. The summed E-state index contributed by atoms with van der Waals surface area (Å²) in [5.74, 6) is 2.53. The van der Waals surface area contributed by atoms with Crippen LogP contribution in [0.25, 0.3) is 0 Å². The van der Waals surface area contributed by atoms with Gasteiger partial charge in [0.1, 0.15) is 0 Å². The van der Waals surface area contributed by atoms with E-state index in [2.05, 4.69) is 15.5 Å². The molecule has 4 saturated carbocycles. The van der Waals surface area contributed by atoms with E-state index in [-0.39, 0.29) is 22.4 Å². The summed E-state index contributed by atoms with van der Waals surface area (Å²) in [4.78, 5) is 24.7. The first kappa shape index (κ1) is 17.2. The van der Waals surface area contributed by atoms with E-state index in [4.69, 9.17) is 0 Å². The van der Waals surface area contributed by atoms with E-state index in [0.29, 0.717) is 11.7 Å². The lowest BCUT2D eigenvalue weighted by Crippen LogP contribution is -2.60. The van der Waals surface area contributed by atoms with Gasteiger partial charge in [0.05, 0.1) is 5.25 Å². The number of nitrogens with zero attached hydrogens (tertiary/aromatic N) is 2. The quantitative estimate of drug-likeness (QED) is 0.760. The number of aromatic nitrogens is 3. The number of H-pyrrole nitrogens is 1. The maximum absolute atomic E-state index is 12.9. The number of hydrogen-bond acceptors (Lipinski definition) is 4. The first-order valence-corrected chi connectivity index (χ1v) is 10.5. The Hall–Kier alpha value is -1.24. The molecule has 1 aromatic heterocycles. The van der Waals surface area contributed by atoms with Gasteiger partial charge in [0.25, 0.3) is 0 Å². The van der Waals surface area contributed by atoms with Crippen LogP contribution in [0, 0.1) is 17.8 Å². The summed E-state index contributed by atoms with van der Waals surface area (Å²) in [6.45, 7) is 4.56. The Balaban J connectivity index is 1.42. The fraction of sp³-hybridized carbons (Fsp3) is 0.833. The molecule has 1 heterocycles. The molecular weight excluding hydrogens is 336 g/mol. The van der Waals surface area contributed by atoms with E-state index in [1.165, 1.54) is 31.0 Å². The highest BCUT2D eigenvalue weighted by molar-refractivity contribution is 8.00. The Morgan fingerprint density at radius 3 is 2.48 bits per heavy atom. The molecule has 1 aromatic rings. The first-order chi connectivity index (χ1) is 12.0. The lowest BCUT2D eigenvalue weighted by Gasteiger charge is -2.57. The van der Waals surface area contributed by atoms with Gasteiger partial charge in [0.2, 0.25) is 5.91 Å². The predicted octanol–water partition coefficient (Wildman–Crippen LogP) is 2.55. The van der Waals surface area contributed by atoms with Crippen LogP contribution < -0.4 is 11.0 Å². The number of thioether (sulfide) groups is 1. The molecule has 1 amide bonds. The van der Waals surface area contributed by atoms with Crippen LogP contribution in [0.1, 0.15) is 58.8 Å². The number of carbonyl (C=O) groups excluding carboxylic acids is 1. The van der Waals surface area contributed by atoms with E-state index < -0.39 is 0 Å². The zero-order chi connectivity index (χ0) is 17.6. The van der Waals surface area contributed by atoms with Crippen LogP contribution in [-0.2, 0) is 11.3 Å². The Morgan fingerprint density at radius 2 is 1.92 bits per heavy atom. The van der Waals surface area contributed by atoms with Crippen molar-refractivity contribution in [3.05, 3.63) is 10.5 Å². The van der Waals surface area contributed by atoms with Crippen molar-refractivity contribution in [2.45, 2.75) is 81.3 Å². The molecule has 1 atom stereocenters. The van der Waals surface area contributed by atoms with Crippen molar-refractivity contribution in [3.8, 4) is 0 Å². The number of rotatable bonds is 6. The molecular formula is C18H28N4O2S. The van der Waals surface area contributed by atoms with Gasteiger partial charge in [-0.05, 0) is 69.6 Å². The third-order valence-electron chi connectivity index (χ3n) is 6.25. The molecule has 4 bridgehead atoms. The molecule has 4 aliphatic carbocycles. The number of amides is 1. The van der Waals surface area contributed by atoms with Crippen molar-refractivity contribution in [2.24, 2.45) is 17.8 Å². The van der Waals surface area contributed by atoms with Gasteiger partial charge in [0, 0.05) is 12.1 Å². The Kier molecular flexibility index (Phi) is 4.46. The summed E-state index contributed by atoms with van der Waals surface area (Å²) in [6, 6.07) is 0. The maximum atomic E-state index is 12.9. The van der Waals surface area contributed by atoms with Gasteiger partial charge >= 0.3 is 5.69 Å². The van der Waals surface area contributed by atoms with E-state index >= 15 is 0 Å². The number of aromatic amines is 1. The summed E-state index contributed by atoms with van der Waals surface area (Å²) in [6.07, 6.45) is 8.45. The summed E-state index contributed by atoms with van der Waals surface area (Å²) in [7, 11) is 0. The van der Waals surface area contributed by atoms with Crippen molar-refractivity contribution in [3.63, 3.8) is 0 Å². The van der Waals surface area contributed by atoms with E-state index in [9.17, 15) is 9.59 Å². The maximum Gasteiger partial charge on any atom is 0.343 e. The van der Waals surface area contributed by atoms with E-state index in [1.807, 2.05) is 13.8 Å². The molecule has 2 N–H and O–H groups in total. The van der Waals surface area contributed by atoms with Gasteiger partial charge < -0.3 is 5.32 Å². The predicted molar refractivity (Wildman–Crippen MR) is 97.5 cm³/mol. The SMILES string of the molecule is CCCn1c(SC(C)C(=O)NC23CC4CC(CC(C4)C2)C3)n[nH]c1=O. The molecule has 5 rings (SSSR count). The average Bonchev–Trinajstić information content (AvgIpc) is 2.86. The van der Waals surface area contributed by atoms with Crippen LogP contribution in [0.3, 0.4) is 0 Å². The number of nitrogens with one attached hydrogen (secondary N) is 2. The molecule has 0 saturated heterocycles. The molecule has 0 spiro atoms. The lowest BCUT2D eigenvalue weighted by atomic mass is 9.53. The Morgan fingerprint density at radius 1 is 1.32 bits per heavy atom. The summed E-state index contributed by atoms with van der Waals surface area (Å²) >= 11 is 1.38. The van der Waals surface area contributed by atoms with E-state index in [0.717, 1.165) is 43.4 Å². The second-order valence-electron chi connectivity index (χ2n) is 8.41. The molecule has 4 fully saturated rings. The highest BCUT2D eigenvalue weighted by Crippen LogP contribution is 2.55. The third kappa shape index (κ3) is 3.27. The smallest absolute Gasteiger partial charge is 0.343 e. The standard InChI is InChI=1S/C18H28N4O2S/c1-3-4-22-16(24)20-21-17(22)25-11(2)15(23)19-18-8-12-5-13(9-18)7-14(6-12)10-18/h11-14H,3-10H2,1-2H3,(H,19,23)(H,20,24). The highest BCUT2D eigenvalue weighted by Gasteiger charge is 2.51. The fourth-order valence-corrected chi connectivity index (χ4v) is 6.53. The molecule has 1 unspecified atom stereocenters. The lowest BCUT2D eigenvalue weighted by molar-refractivity contribution is -0.126. The zero-order valence-corrected chi connectivity index (χ0v) is 15.9. The normalized spacial score (nSPS) is 34.2. The average molecular weight is 365 g/mol. The summed E-state index contributed by atoms with van der Waals surface area (Å²) in [5.41, 5.74) is -0.159. The Labute approximate surface area is 152 Å². The van der Waals surface area contributed by atoms with Crippen molar-refractivity contribution in [1.82, 2.24) is 20.1 Å². The third-order valence-corrected chi connectivity index (χ3v) is 7.34. The molecule has 138 valence electrons. The molecule has 0 aliphatic heterocycles. The van der Waals surface area contributed by atoms with Crippen LogP contribution in [-0.4, -0.2) is 31.5 Å². The van der Waals surface area contributed by atoms with E-state index in [1.54, 1.807) is 4.57 Å². The van der Waals surface area contributed by atoms with Crippen molar-refractivity contribution in [2.75, 3.05) is 0 Å². The summed E-state index contributed by atoms with van der Waals surface area (Å²) < 4.78 is 1.62. The van der Waals surface area contributed by atoms with Gasteiger partial charge in [-0.2, -0.15) is 0 Å². The minimum atomic E-state index is -0.251. The second-order valence-corrected chi connectivity index (χ2v) is 9.72. The second kappa shape index (κ2) is 6.49. The van der Waals surface area contributed by atoms with Crippen LogP contribution in [0.5, 0.6) is 0 Å². The Bertz CT molecular complexity index is 675. The first-order valence-electron chi connectivity index (χ1n) is 9.62. The van der Waals surface area contributed by atoms with Gasteiger partial charge in [-0.1, -0.05) is 18.7 Å². The minimum absolute atomic E-state index is 0.0370. The van der Waals surface area contributed by atoms with Crippen LogP contribution in [0.4, 0.5) is 0 Å². The molecule has 4 aliphatic rings. The molecule has 0 radical (unpaired) electrons. The van der Waals surface area contributed by atoms with Crippen molar-refractivity contribution < 1.29 is 4.79 Å². The monoisotopic (exact) mass is 364 g/mol. The summed E-state index contributed by atoms with van der Waals surface area (Å²) in [5, 5.41) is 10.4. The topological polar surface area (TPSA) is 79.8 Å². The van der Waals surface area contributed by atoms with Gasteiger partial charge in [0.15, 0.2) is 5.16 Å². The van der Waals surface area contributed by atoms with Crippen molar-refractivity contribution >= 4 is 17.7 Å². The van der Waals surface area contributed by atoms with Crippen LogP contribution in [0.15, 0.2) is 9.95 Å². The van der Waals surface area contributed by atoms with Crippen molar-refractivity contribution in [1.29, 1.82) is 0 Å². The number of hydrogen-bond donors (Lipinski definition) is 2. The number of carbonyl (C=O) groups is 1. The van der Waals surface area contributed by atoms with Gasteiger partial charge in [-0.15, -0.1) is 5.10 Å².